The number of rotatable bonds is 4. The fraction of sp³-hybridized carbons (Fsp3) is 0.200. The van der Waals surface area contributed by atoms with Gasteiger partial charge in [-0.25, -0.2) is 4.39 Å². The molecule has 2 nitrogen and oxygen atoms in total. The quantitative estimate of drug-likeness (QED) is 0.898. The molecule has 2 aromatic rings. The third kappa shape index (κ3) is 2.87. The molecule has 0 aliphatic rings. The van der Waals surface area contributed by atoms with Gasteiger partial charge < -0.3 is 10.5 Å². The van der Waals surface area contributed by atoms with Crippen molar-refractivity contribution in [2.45, 2.75) is 20.1 Å². The Hall–Kier alpha value is -1.87. The summed E-state index contributed by atoms with van der Waals surface area (Å²) in [5.74, 6) is 0.405. The number of hydrogen-bond donors (Lipinski definition) is 1. The van der Waals surface area contributed by atoms with Crippen molar-refractivity contribution >= 4 is 0 Å². The summed E-state index contributed by atoms with van der Waals surface area (Å²) in [6.07, 6.45) is 0. The summed E-state index contributed by atoms with van der Waals surface area (Å²) < 4.78 is 19.0. The fourth-order valence-electron chi connectivity index (χ4n) is 1.89. The van der Waals surface area contributed by atoms with E-state index < -0.39 is 0 Å². The van der Waals surface area contributed by atoms with Gasteiger partial charge in [-0.2, -0.15) is 0 Å². The van der Waals surface area contributed by atoms with E-state index in [0.29, 0.717) is 17.9 Å². The minimum atomic E-state index is -0.278. The van der Waals surface area contributed by atoms with E-state index in [9.17, 15) is 4.39 Å². The van der Waals surface area contributed by atoms with E-state index >= 15 is 0 Å². The Balaban J connectivity index is 2.19. The first kappa shape index (κ1) is 12.6. The molecule has 0 aliphatic heterocycles. The third-order valence-corrected chi connectivity index (χ3v) is 2.76. The van der Waals surface area contributed by atoms with E-state index in [1.165, 1.54) is 12.1 Å². The van der Waals surface area contributed by atoms with Crippen LogP contribution < -0.4 is 10.5 Å². The number of aryl methyl sites for hydroxylation is 1. The zero-order valence-electron chi connectivity index (χ0n) is 10.3. The van der Waals surface area contributed by atoms with Gasteiger partial charge in [-0.05, 0) is 30.2 Å². The standard InChI is InChI=1S/C15H16FNO/c1-11-7-14(16)8-13(9-17)15(11)18-10-12-5-3-2-4-6-12/h2-8H,9-10,17H2,1H3. The SMILES string of the molecule is Cc1cc(F)cc(CN)c1OCc1ccccc1. The monoisotopic (exact) mass is 245 g/mol. The number of benzene rings is 2. The summed E-state index contributed by atoms with van der Waals surface area (Å²) in [6.45, 7) is 2.55. The van der Waals surface area contributed by atoms with Gasteiger partial charge in [-0.3, -0.25) is 0 Å². The van der Waals surface area contributed by atoms with Gasteiger partial charge >= 0.3 is 0 Å². The lowest BCUT2D eigenvalue weighted by Crippen LogP contribution is -2.05. The van der Waals surface area contributed by atoms with Crippen LogP contribution in [-0.4, -0.2) is 0 Å². The van der Waals surface area contributed by atoms with E-state index in [2.05, 4.69) is 0 Å². The third-order valence-electron chi connectivity index (χ3n) is 2.76. The lowest BCUT2D eigenvalue weighted by atomic mass is 10.1. The Kier molecular flexibility index (Phi) is 3.95. The number of nitrogens with two attached hydrogens (primary N) is 1. The minimum absolute atomic E-state index is 0.267. The maximum atomic E-state index is 13.2. The Bertz CT molecular complexity index is 526. The molecule has 0 unspecified atom stereocenters. The van der Waals surface area contributed by atoms with Crippen molar-refractivity contribution in [1.82, 2.24) is 0 Å². The van der Waals surface area contributed by atoms with Crippen LogP contribution in [0.15, 0.2) is 42.5 Å². The second-order valence-corrected chi connectivity index (χ2v) is 4.19. The summed E-state index contributed by atoms with van der Waals surface area (Å²) in [4.78, 5) is 0. The van der Waals surface area contributed by atoms with Crippen LogP contribution in [0.25, 0.3) is 0 Å². The summed E-state index contributed by atoms with van der Waals surface area (Å²) in [6, 6.07) is 12.7. The molecule has 0 fully saturated rings. The molecule has 0 aliphatic carbocycles. The van der Waals surface area contributed by atoms with Gasteiger partial charge in [0.15, 0.2) is 0 Å². The molecule has 18 heavy (non-hydrogen) atoms. The molecule has 0 saturated carbocycles. The Morgan fingerprint density at radius 1 is 1.17 bits per heavy atom. The Labute approximate surface area is 106 Å². The normalized spacial score (nSPS) is 10.4. The van der Waals surface area contributed by atoms with Crippen molar-refractivity contribution in [3.8, 4) is 5.75 Å². The van der Waals surface area contributed by atoms with E-state index in [-0.39, 0.29) is 12.4 Å². The molecule has 94 valence electrons. The molecule has 0 saturated heterocycles. The molecule has 0 radical (unpaired) electrons. The van der Waals surface area contributed by atoms with Gasteiger partial charge in [0.25, 0.3) is 0 Å². The van der Waals surface area contributed by atoms with Crippen molar-refractivity contribution in [2.75, 3.05) is 0 Å². The average molecular weight is 245 g/mol. The minimum Gasteiger partial charge on any atom is -0.488 e. The molecule has 2 rings (SSSR count). The molecule has 2 aromatic carbocycles. The second kappa shape index (κ2) is 5.65. The van der Waals surface area contributed by atoms with Gasteiger partial charge in [-0.1, -0.05) is 30.3 Å². The van der Waals surface area contributed by atoms with E-state index in [4.69, 9.17) is 10.5 Å². The Morgan fingerprint density at radius 2 is 1.89 bits per heavy atom. The highest BCUT2D eigenvalue weighted by atomic mass is 19.1. The first-order chi connectivity index (χ1) is 8.70. The molecular weight excluding hydrogens is 229 g/mol. The number of halogens is 1. The zero-order valence-corrected chi connectivity index (χ0v) is 10.3. The van der Waals surface area contributed by atoms with Crippen LogP contribution in [0.1, 0.15) is 16.7 Å². The van der Waals surface area contributed by atoms with Crippen molar-refractivity contribution in [1.29, 1.82) is 0 Å². The van der Waals surface area contributed by atoms with Crippen molar-refractivity contribution < 1.29 is 9.13 Å². The van der Waals surface area contributed by atoms with Crippen LogP contribution in [0.5, 0.6) is 5.75 Å². The van der Waals surface area contributed by atoms with Crippen LogP contribution in [-0.2, 0) is 13.2 Å². The molecule has 2 N–H and O–H groups in total. The highest BCUT2D eigenvalue weighted by molar-refractivity contribution is 5.41. The summed E-state index contributed by atoms with van der Waals surface area (Å²) in [5.41, 5.74) is 8.15. The van der Waals surface area contributed by atoms with Crippen LogP contribution in [0.3, 0.4) is 0 Å². The van der Waals surface area contributed by atoms with Crippen LogP contribution in [0, 0.1) is 12.7 Å². The topological polar surface area (TPSA) is 35.2 Å². The second-order valence-electron chi connectivity index (χ2n) is 4.19. The summed E-state index contributed by atoms with van der Waals surface area (Å²) in [5, 5.41) is 0. The van der Waals surface area contributed by atoms with Gasteiger partial charge in [0.1, 0.15) is 18.2 Å². The van der Waals surface area contributed by atoms with Crippen LogP contribution in [0.2, 0.25) is 0 Å². The molecule has 0 spiro atoms. The van der Waals surface area contributed by atoms with Gasteiger partial charge in [-0.15, -0.1) is 0 Å². The lowest BCUT2D eigenvalue weighted by molar-refractivity contribution is 0.300. The lowest BCUT2D eigenvalue weighted by Gasteiger charge is -2.13. The van der Waals surface area contributed by atoms with Gasteiger partial charge in [0.05, 0.1) is 0 Å². The van der Waals surface area contributed by atoms with Gasteiger partial charge in [0, 0.05) is 12.1 Å². The zero-order chi connectivity index (χ0) is 13.0. The largest absolute Gasteiger partial charge is 0.488 e. The van der Waals surface area contributed by atoms with Crippen LogP contribution >= 0.6 is 0 Å². The van der Waals surface area contributed by atoms with Crippen LogP contribution in [0.4, 0.5) is 4.39 Å². The van der Waals surface area contributed by atoms with Crippen molar-refractivity contribution in [2.24, 2.45) is 5.73 Å². The first-order valence-electron chi connectivity index (χ1n) is 5.86. The number of hydrogen-bond acceptors (Lipinski definition) is 2. The van der Waals surface area contributed by atoms with E-state index in [1.54, 1.807) is 0 Å². The molecule has 0 bridgehead atoms. The van der Waals surface area contributed by atoms with E-state index in [0.717, 1.165) is 11.1 Å². The maximum absolute atomic E-state index is 13.2. The smallest absolute Gasteiger partial charge is 0.127 e. The average Bonchev–Trinajstić information content (AvgIpc) is 2.38. The molecule has 0 atom stereocenters. The molecular formula is C15H16FNO. The van der Waals surface area contributed by atoms with Crippen molar-refractivity contribution in [3.63, 3.8) is 0 Å². The van der Waals surface area contributed by atoms with E-state index in [1.807, 2.05) is 37.3 Å². The first-order valence-corrected chi connectivity index (χ1v) is 5.86. The summed E-state index contributed by atoms with van der Waals surface area (Å²) in [7, 11) is 0. The molecule has 3 heteroatoms. The maximum Gasteiger partial charge on any atom is 0.127 e. The summed E-state index contributed by atoms with van der Waals surface area (Å²) >= 11 is 0. The number of ether oxygens (including phenoxy) is 1. The predicted molar refractivity (Wildman–Crippen MR) is 69.8 cm³/mol. The molecule has 0 amide bonds. The molecule has 0 aromatic heterocycles. The Morgan fingerprint density at radius 3 is 2.56 bits per heavy atom. The highest BCUT2D eigenvalue weighted by Gasteiger charge is 2.08. The molecule has 0 heterocycles. The highest BCUT2D eigenvalue weighted by Crippen LogP contribution is 2.25. The van der Waals surface area contributed by atoms with Crippen molar-refractivity contribution in [3.05, 3.63) is 65.0 Å². The van der Waals surface area contributed by atoms with Gasteiger partial charge in [0.2, 0.25) is 0 Å². The fourth-order valence-corrected chi connectivity index (χ4v) is 1.89. The predicted octanol–water partition coefficient (Wildman–Crippen LogP) is 3.17.